The molecule has 1 heterocycles. The van der Waals surface area contributed by atoms with E-state index in [4.69, 9.17) is 23.2 Å². The summed E-state index contributed by atoms with van der Waals surface area (Å²) in [6, 6.07) is 4.89. The van der Waals surface area contributed by atoms with Gasteiger partial charge >= 0.3 is 0 Å². The van der Waals surface area contributed by atoms with Gasteiger partial charge in [0, 0.05) is 12.8 Å². The summed E-state index contributed by atoms with van der Waals surface area (Å²) in [5.41, 5.74) is 0.306. The first kappa shape index (κ1) is 11.4. The fourth-order valence-electron chi connectivity index (χ4n) is 1.71. The molecule has 0 aromatic heterocycles. The fraction of sp³-hybridized carbons (Fsp3) is 0.273. The molecular formula is C11H9Cl2NO2. The second-order valence-electron chi connectivity index (χ2n) is 3.55. The first-order chi connectivity index (χ1) is 7.61. The van der Waals surface area contributed by atoms with Crippen LogP contribution in [0.1, 0.15) is 19.3 Å². The third-order valence-corrected chi connectivity index (χ3v) is 3.05. The van der Waals surface area contributed by atoms with E-state index in [1.165, 1.54) is 0 Å². The van der Waals surface area contributed by atoms with Crippen molar-refractivity contribution >= 4 is 40.7 Å². The molecule has 1 aromatic carbocycles. The van der Waals surface area contributed by atoms with Gasteiger partial charge in [0.15, 0.2) is 0 Å². The molecule has 1 aliphatic heterocycles. The van der Waals surface area contributed by atoms with Gasteiger partial charge in [-0.25, -0.2) is 4.90 Å². The van der Waals surface area contributed by atoms with E-state index in [1.807, 2.05) is 0 Å². The van der Waals surface area contributed by atoms with Gasteiger partial charge in [-0.2, -0.15) is 0 Å². The Hall–Kier alpha value is -1.06. The zero-order chi connectivity index (χ0) is 11.7. The van der Waals surface area contributed by atoms with Crippen LogP contribution in [0, 0.1) is 0 Å². The lowest BCUT2D eigenvalue weighted by Crippen LogP contribution is -2.40. The van der Waals surface area contributed by atoms with E-state index in [2.05, 4.69) is 0 Å². The van der Waals surface area contributed by atoms with Crippen molar-refractivity contribution < 1.29 is 9.59 Å². The minimum Gasteiger partial charge on any atom is -0.274 e. The lowest BCUT2D eigenvalue weighted by atomic mass is 10.1. The number of para-hydroxylation sites is 1. The summed E-state index contributed by atoms with van der Waals surface area (Å²) in [4.78, 5) is 24.5. The van der Waals surface area contributed by atoms with Crippen molar-refractivity contribution in [2.75, 3.05) is 4.90 Å². The zero-order valence-electron chi connectivity index (χ0n) is 8.37. The Morgan fingerprint density at radius 2 is 1.50 bits per heavy atom. The molecule has 1 saturated heterocycles. The molecule has 1 aromatic rings. The van der Waals surface area contributed by atoms with Crippen LogP contribution in [0.5, 0.6) is 0 Å². The van der Waals surface area contributed by atoms with Gasteiger partial charge < -0.3 is 0 Å². The molecule has 0 atom stereocenters. The summed E-state index contributed by atoms with van der Waals surface area (Å²) in [7, 11) is 0. The molecule has 2 amide bonds. The third kappa shape index (κ3) is 1.93. The van der Waals surface area contributed by atoms with Crippen molar-refractivity contribution in [3.8, 4) is 0 Å². The van der Waals surface area contributed by atoms with Crippen molar-refractivity contribution in [1.29, 1.82) is 0 Å². The van der Waals surface area contributed by atoms with Crippen LogP contribution in [0.25, 0.3) is 0 Å². The Bertz CT molecular complexity index is 423. The number of amides is 2. The van der Waals surface area contributed by atoms with Crippen LogP contribution in [0.2, 0.25) is 10.0 Å². The number of carbonyl (C=O) groups excluding carboxylic acids is 2. The third-order valence-electron chi connectivity index (χ3n) is 2.44. The molecule has 0 spiro atoms. The van der Waals surface area contributed by atoms with Crippen LogP contribution in [0.15, 0.2) is 18.2 Å². The number of hydrogen-bond acceptors (Lipinski definition) is 2. The molecule has 0 N–H and O–H groups in total. The maximum Gasteiger partial charge on any atom is 0.233 e. The largest absolute Gasteiger partial charge is 0.274 e. The van der Waals surface area contributed by atoms with E-state index in [1.54, 1.807) is 18.2 Å². The summed E-state index contributed by atoms with van der Waals surface area (Å²) in [6.45, 7) is 0. The Labute approximate surface area is 103 Å². The van der Waals surface area contributed by atoms with Gasteiger partial charge in [-0.05, 0) is 18.6 Å². The van der Waals surface area contributed by atoms with Crippen LogP contribution < -0.4 is 4.90 Å². The van der Waals surface area contributed by atoms with Gasteiger partial charge in [0.05, 0.1) is 15.7 Å². The van der Waals surface area contributed by atoms with Crippen LogP contribution >= 0.6 is 23.2 Å². The van der Waals surface area contributed by atoms with Crippen molar-refractivity contribution in [2.45, 2.75) is 19.3 Å². The summed E-state index contributed by atoms with van der Waals surface area (Å²) < 4.78 is 0. The summed E-state index contributed by atoms with van der Waals surface area (Å²) in [5, 5.41) is 0.632. The predicted molar refractivity (Wildman–Crippen MR) is 62.8 cm³/mol. The van der Waals surface area contributed by atoms with Crippen LogP contribution in [-0.4, -0.2) is 11.8 Å². The average Bonchev–Trinajstić information content (AvgIpc) is 2.21. The molecule has 0 radical (unpaired) electrons. The van der Waals surface area contributed by atoms with E-state index in [-0.39, 0.29) is 11.8 Å². The molecule has 2 rings (SSSR count). The topological polar surface area (TPSA) is 37.4 Å². The number of benzene rings is 1. The molecule has 0 aliphatic carbocycles. The van der Waals surface area contributed by atoms with Gasteiger partial charge in [-0.15, -0.1) is 0 Å². The van der Waals surface area contributed by atoms with Crippen molar-refractivity contribution in [3.05, 3.63) is 28.2 Å². The number of carbonyl (C=O) groups is 2. The highest BCUT2D eigenvalue weighted by Gasteiger charge is 2.30. The summed E-state index contributed by atoms with van der Waals surface area (Å²) in [5.74, 6) is -0.488. The van der Waals surface area contributed by atoms with Gasteiger partial charge in [0.1, 0.15) is 0 Å². The van der Waals surface area contributed by atoms with E-state index in [9.17, 15) is 9.59 Å². The molecule has 16 heavy (non-hydrogen) atoms. The minimum absolute atomic E-state index is 0.244. The average molecular weight is 258 g/mol. The quantitative estimate of drug-likeness (QED) is 0.726. The van der Waals surface area contributed by atoms with Gasteiger partial charge in [-0.1, -0.05) is 29.3 Å². The summed E-state index contributed by atoms with van der Waals surface area (Å²) >= 11 is 11.9. The highest BCUT2D eigenvalue weighted by Crippen LogP contribution is 2.35. The molecular weight excluding hydrogens is 249 g/mol. The lowest BCUT2D eigenvalue weighted by Gasteiger charge is -2.26. The lowest BCUT2D eigenvalue weighted by molar-refractivity contribution is -0.129. The van der Waals surface area contributed by atoms with Crippen LogP contribution in [-0.2, 0) is 9.59 Å². The number of nitrogens with zero attached hydrogens (tertiary/aromatic N) is 1. The normalized spacial score (nSPS) is 16.8. The summed E-state index contributed by atoms with van der Waals surface area (Å²) in [6.07, 6.45) is 1.30. The standard InChI is InChI=1S/C11H9Cl2NO2/c12-7-3-1-4-8(13)11(7)14-9(15)5-2-6-10(14)16/h1,3-4H,2,5-6H2. The molecule has 3 nitrogen and oxygen atoms in total. The number of rotatable bonds is 1. The molecule has 84 valence electrons. The highest BCUT2D eigenvalue weighted by molar-refractivity contribution is 6.41. The SMILES string of the molecule is O=C1CCCC(=O)N1c1c(Cl)cccc1Cl. The second-order valence-corrected chi connectivity index (χ2v) is 4.36. The fourth-order valence-corrected chi connectivity index (χ4v) is 2.27. The number of imide groups is 1. The van der Waals surface area contributed by atoms with Gasteiger partial charge in [0.2, 0.25) is 11.8 Å². The first-order valence-corrected chi connectivity index (χ1v) is 5.66. The predicted octanol–water partition coefficient (Wildman–Crippen LogP) is 3.04. The molecule has 5 heteroatoms. The number of hydrogen-bond donors (Lipinski definition) is 0. The maximum atomic E-state index is 11.7. The molecule has 0 bridgehead atoms. The molecule has 0 unspecified atom stereocenters. The van der Waals surface area contributed by atoms with Crippen molar-refractivity contribution in [2.24, 2.45) is 0 Å². The van der Waals surface area contributed by atoms with Gasteiger partial charge in [-0.3, -0.25) is 9.59 Å². The monoisotopic (exact) mass is 257 g/mol. The van der Waals surface area contributed by atoms with Crippen molar-refractivity contribution in [3.63, 3.8) is 0 Å². The molecule has 1 aliphatic rings. The minimum atomic E-state index is -0.244. The van der Waals surface area contributed by atoms with Crippen LogP contribution in [0.4, 0.5) is 5.69 Å². The number of piperidine rings is 1. The Morgan fingerprint density at radius 1 is 1.00 bits per heavy atom. The highest BCUT2D eigenvalue weighted by atomic mass is 35.5. The molecule has 1 fully saturated rings. The zero-order valence-corrected chi connectivity index (χ0v) is 9.88. The first-order valence-electron chi connectivity index (χ1n) is 4.91. The number of anilines is 1. The molecule has 0 saturated carbocycles. The smallest absolute Gasteiger partial charge is 0.233 e. The Kier molecular flexibility index (Phi) is 3.17. The van der Waals surface area contributed by atoms with Gasteiger partial charge in [0.25, 0.3) is 0 Å². The van der Waals surface area contributed by atoms with E-state index in [0.717, 1.165) is 4.90 Å². The van der Waals surface area contributed by atoms with E-state index in [0.29, 0.717) is 35.0 Å². The number of halogens is 2. The van der Waals surface area contributed by atoms with Crippen LogP contribution in [0.3, 0.4) is 0 Å². The Balaban J connectivity index is 2.49. The Morgan fingerprint density at radius 3 is 2.00 bits per heavy atom. The van der Waals surface area contributed by atoms with Crippen molar-refractivity contribution in [1.82, 2.24) is 0 Å². The second kappa shape index (κ2) is 4.44. The maximum absolute atomic E-state index is 11.7. The van der Waals surface area contributed by atoms with E-state index < -0.39 is 0 Å². The van der Waals surface area contributed by atoms with E-state index >= 15 is 0 Å².